The van der Waals surface area contributed by atoms with E-state index in [0.29, 0.717) is 18.0 Å². The van der Waals surface area contributed by atoms with Crippen LogP contribution in [0.5, 0.6) is 5.75 Å². The molecule has 3 rings (SSSR count). The summed E-state index contributed by atoms with van der Waals surface area (Å²) in [5.74, 6) is -0.399. The summed E-state index contributed by atoms with van der Waals surface area (Å²) in [6.07, 6.45) is 4.10. The zero-order valence-corrected chi connectivity index (χ0v) is 14.1. The Kier molecular flexibility index (Phi) is 5.02. The highest BCUT2D eigenvalue weighted by molar-refractivity contribution is 5.89. The number of piperidine rings is 1. The third-order valence-electron chi connectivity index (χ3n) is 4.59. The Hall–Kier alpha value is -2.83. The third-order valence-corrected chi connectivity index (χ3v) is 4.59. The van der Waals surface area contributed by atoms with Gasteiger partial charge in [0.05, 0.1) is 31.5 Å². The molecule has 1 aromatic heterocycles. The van der Waals surface area contributed by atoms with Gasteiger partial charge in [-0.3, -0.25) is 9.89 Å². The van der Waals surface area contributed by atoms with Gasteiger partial charge in [0.2, 0.25) is 5.91 Å². The minimum atomic E-state index is -1.04. The number of carboxylic acid groups (broad SMARTS) is 1. The molecule has 25 heavy (non-hydrogen) atoms. The lowest BCUT2D eigenvalue weighted by Gasteiger charge is -2.35. The van der Waals surface area contributed by atoms with E-state index in [2.05, 4.69) is 10.2 Å². The summed E-state index contributed by atoms with van der Waals surface area (Å²) in [5.41, 5.74) is 1.45. The van der Waals surface area contributed by atoms with Crippen molar-refractivity contribution in [2.24, 2.45) is 0 Å². The van der Waals surface area contributed by atoms with Crippen molar-refractivity contribution < 1.29 is 19.4 Å². The van der Waals surface area contributed by atoms with E-state index < -0.39 is 5.97 Å². The van der Waals surface area contributed by atoms with Crippen molar-refractivity contribution in [2.45, 2.75) is 31.7 Å². The van der Waals surface area contributed by atoms with Crippen molar-refractivity contribution in [2.75, 3.05) is 13.7 Å². The summed E-state index contributed by atoms with van der Waals surface area (Å²) in [6.45, 7) is 0.608. The number of hydrogen-bond acceptors (Lipinski definition) is 4. The van der Waals surface area contributed by atoms with Crippen LogP contribution in [-0.2, 0) is 11.2 Å². The van der Waals surface area contributed by atoms with Crippen LogP contribution in [0.15, 0.2) is 30.5 Å². The van der Waals surface area contributed by atoms with Gasteiger partial charge in [-0.1, -0.05) is 18.2 Å². The maximum absolute atomic E-state index is 12.9. The molecule has 0 radical (unpaired) electrons. The van der Waals surface area contributed by atoms with E-state index in [1.54, 1.807) is 12.0 Å². The number of aromatic nitrogens is 2. The first kappa shape index (κ1) is 17.0. The van der Waals surface area contributed by atoms with Crippen LogP contribution in [0.3, 0.4) is 0 Å². The predicted molar refractivity (Wildman–Crippen MR) is 90.6 cm³/mol. The SMILES string of the molecule is COc1ccccc1CC(=O)N1CCCCC1c1[nH]ncc1C(=O)O. The van der Waals surface area contributed by atoms with Crippen molar-refractivity contribution in [1.29, 1.82) is 0 Å². The van der Waals surface area contributed by atoms with E-state index in [9.17, 15) is 14.7 Å². The number of aromatic amines is 1. The normalized spacial score (nSPS) is 17.3. The average molecular weight is 343 g/mol. The molecule has 2 heterocycles. The Labute approximate surface area is 145 Å². The molecule has 0 bridgehead atoms. The van der Waals surface area contributed by atoms with E-state index in [1.165, 1.54) is 6.20 Å². The lowest BCUT2D eigenvalue weighted by molar-refractivity contribution is -0.134. The molecule has 1 atom stereocenters. The summed E-state index contributed by atoms with van der Waals surface area (Å²) >= 11 is 0. The molecule has 1 aliphatic rings. The molecule has 1 fully saturated rings. The summed E-state index contributed by atoms with van der Waals surface area (Å²) in [5, 5.41) is 16.0. The molecule has 1 saturated heterocycles. The number of likely N-dealkylation sites (tertiary alicyclic amines) is 1. The minimum Gasteiger partial charge on any atom is -0.496 e. The van der Waals surface area contributed by atoms with Crippen LogP contribution in [0, 0.1) is 0 Å². The lowest BCUT2D eigenvalue weighted by Crippen LogP contribution is -2.40. The number of methoxy groups -OCH3 is 1. The maximum Gasteiger partial charge on any atom is 0.339 e. The second-order valence-electron chi connectivity index (χ2n) is 6.09. The van der Waals surface area contributed by atoms with Crippen molar-refractivity contribution >= 4 is 11.9 Å². The second-order valence-corrected chi connectivity index (χ2v) is 6.09. The van der Waals surface area contributed by atoms with E-state index in [1.807, 2.05) is 24.3 Å². The molecular formula is C18H21N3O4. The summed E-state index contributed by atoms with van der Waals surface area (Å²) in [7, 11) is 1.58. The molecule has 0 spiro atoms. The number of hydrogen-bond donors (Lipinski definition) is 2. The van der Waals surface area contributed by atoms with Crippen LogP contribution in [0.4, 0.5) is 0 Å². The van der Waals surface area contributed by atoms with Crippen LogP contribution >= 0.6 is 0 Å². The third kappa shape index (κ3) is 3.50. The summed E-state index contributed by atoms with van der Waals surface area (Å²) in [6, 6.07) is 7.14. The average Bonchev–Trinajstić information content (AvgIpc) is 3.12. The fourth-order valence-electron chi connectivity index (χ4n) is 3.36. The van der Waals surface area contributed by atoms with E-state index in [4.69, 9.17) is 4.74 Å². The van der Waals surface area contributed by atoms with Crippen LogP contribution in [0.25, 0.3) is 0 Å². The van der Waals surface area contributed by atoms with E-state index >= 15 is 0 Å². The maximum atomic E-state index is 12.9. The molecule has 2 aromatic rings. The fourth-order valence-corrected chi connectivity index (χ4v) is 3.36. The van der Waals surface area contributed by atoms with Crippen molar-refractivity contribution in [3.63, 3.8) is 0 Å². The van der Waals surface area contributed by atoms with Crippen LogP contribution in [-0.4, -0.2) is 45.7 Å². The number of nitrogens with one attached hydrogen (secondary N) is 1. The van der Waals surface area contributed by atoms with E-state index in [-0.39, 0.29) is 23.9 Å². The predicted octanol–water partition coefficient (Wildman–Crippen LogP) is 2.41. The Bertz CT molecular complexity index is 771. The van der Waals surface area contributed by atoms with Crippen molar-refractivity contribution in [1.82, 2.24) is 15.1 Å². The number of benzene rings is 1. The van der Waals surface area contributed by atoms with Gasteiger partial charge in [-0.25, -0.2) is 4.79 Å². The topological polar surface area (TPSA) is 95.5 Å². The van der Waals surface area contributed by atoms with Gasteiger partial charge in [0.1, 0.15) is 11.3 Å². The number of para-hydroxylation sites is 1. The quantitative estimate of drug-likeness (QED) is 0.869. The van der Waals surface area contributed by atoms with Crippen LogP contribution < -0.4 is 4.74 Å². The number of H-pyrrole nitrogens is 1. The smallest absolute Gasteiger partial charge is 0.339 e. The van der Waals surface area contributed by atoms with Gasteiger partial charge in [-0.05, 0) is 25.3 Å². The molecular weight excluding hydrogens is 322 g/mol. The van der Waals surface area contributed by atoms with Gasteiger partial charge in [0.15, 0.2) is 0 Å². The number of carbonyl (C=O) groups is 2. The summed E-state index contributed by atoms with van der Waals surface area (Å²) < 4.78 is 5.32. The first-order valence-corrected chi connectivity index (χ1v) is 8.29. The molecule has 7 heteroatoms. The number of ether oxygens (including phenoxy) is 1. The van der Waals surface area contributed by atoms with Gasteiger partial charge in [-0.15, -0.1) is 0 Å². The summed E-state index contributed by atoms with van der Waals surface area (Å²) in [4.78, 5) is 26.1. The molecule has 0 saturated carbocycles. The number of carboxylic acids is 1. The molecule has 2 N–H and O–H groups in total. The second kappa shape index (κ2) is 7.38. The molecule has 1 aliphatic heterocycles. The lowest BCUT2D eigenvalue weighted by atomic mass is 9.96. The first-order chi connectivity index (χ1) is 12.1. The number of amides is 1. The standard InChI is InChI=1S/C18H21N3O4/c1-25-15-8-3-2-6-12(15)10-16(22)21-9-5-4-7-14(21)17-13(18(23)24)11-19-20-17/h2-3,6,8,11,14H,4-5,7,9-10H2,1H3,(H,19,20)(H,23,24). The Morgan fingerprint density at radius 2 is 2.16 bits per heavy atom. The van der Waals surface area contributed by atoms with Crippen molar-refractivity contribution in [3.8, 4) is 5.75 Å². The zero-order valence-electron chi connectivity index (χ0n) is 14.1. The molecule has 1 unspecified atom stereocenters. The highest BCUT2D eigenvalue weighted by Gasteiger charge is 2.32. The minimum absolute atomic E-state index is 0.0415. The highest BCUT2D eigenvalue weighted by Crippen LogP contribution is 2.32. The number of aromatic carboxylic acids is 1. The van der Waals surface area contributed by atoms with Gasteiger partial charge in [-0.2, -0.15) is 5.10 Å². The fraction of sp³-hybridized carbons (Fsp3) is 0.389. The van der Waals surface area contributed by atoms with Crippen LogP contribution in [0.1, 0.15) is 46.9 Å². The Morgan fingerprint density at radius 3 is 2.92 bits per heavy atom. The van der Waals surface area contributed by atoms with Gasteiger partial charge in [0, 0.05) is 12.1 Å². The number of nitrogens with zero attached hydrogens (tertiary/aromatic N) is 2. The number of rotatable bonds is 5. The van der Waals surface area contributed by atoms with Gasteiger partial charge in [0.25, 0.3) is 0 Å². The molecule has 132 valence electrons. The van der Waals surface area contributed by atoms with Crippen molar-refractivity contribution in [3.05, 3.63) is 47.3 Å². The number of carbonyl (C=O) groups excluding carboxylic acids is 1. The zero-order chi connectivity index (χ0) is 17.8. The largest absolute Gasteiger partial charge is 0.496 e. The highest BCUT2D eigenvalue weighted by atomic mass is 16.5. The van der Waals surface area contributed by atoms with Gasteiger partial charge < -0.3 is 14.7 Å². The molecule has 0 aliphatic carbocycles. The Balaban J connectivity index is 1.84. The molecule has 1 amide bonds. The Morgan fingerprint density at radius 1 is 1.36 bits per heavy atom. The first-order valence-electron chi connectivity index (χ1n) is 8.29. The molecule has 7 nitrogen and oxygen atoms in total. The molecule has 1 aromatic carbocycles. The van der Waals surface area contributed by atoms with Gasteiger partial charge >= 0.3 is 5.97 Å². The van der Waals surface area contributed by atoms with E-state index in [0.717, 1.165) is 24.8 Å². The van der Waals surface area contributed by atoms with Crippen LogP contribution in [0.2, 0.25) is 0 Å². The monoisotopic (exact) mass is 343 g/mol.